The number of benzene rings is 1. The van der Waals surface area contributed by atoms with Crippen LogP contribution in [0.2, 0.25) is 18.1 Å². The second-order valence-electron chi connectivity index (χ2n) is 7.04. The molecule has 0 aliphatic heterocycles. The predicted octanol–water partition coefficient (Wildman–Crippen LogP) is 5.18. The van der Waals surface area contributed by atoms with Crippen LogP contribution in [-0.4, -0.2) is 27.0 Å². The minimum absolute atomic E-state index is 0.0105. The molecule has 0 aliphatic rings. The summed E-state index contributed by atoms with van der Waals surface area (Å²) in [5.74, 6) is 0. The molecule has 5 heteroatoms. The highest BCUT2D eigenvalue weighted by atomic mass is 79.9. The van der Waals surface area contributed by atoms with Gasteiger partial charge in [-0.1, -0.05) is 35.8 Å². The van der Waals surface area contributed by atoms with Crippen LogP contribution < -0.4 is 0 Å². The normalized spacial score (nSPS) is 14.2. The van der Waals surface area contributed by atoms with Crippen molar-refractivity contribution in [2.24, 2.45) is 0 Å². The second-order valence-corrected chi connectivity index (χ2v) is 12.4. The van der Waals surface area contributed by atoms with Crippen LogP contribution >= 0.6 is 15.9 Å². The molecule has 3 nitrogen and oxygen atoms in total. The molecule has 0 aliphatic carbocycles. The van der Waals surface area contributed by atoms with E-state index in [1.54, 1.807) is 7.11 Å². The highest BCUT2D eigenvalue weighted by Crippen LogP contribution is 2.42. The number of aryl methyl sites for hydroxylation is 1. The van der Waals surface area contributed by atoms with E-state index in [0.29, 0.717) is 0 Å². The van der Waals surface area contributed by atoms with Crippen LogP contribution in [0.5, 0.6) is 0 Å². The van der Waals surface area contributed by atoms with E-state index in [1.165, 1.54) is 11.1 Å². The largest absolute Gasteiger partial charge is 0.432 e. The number of hydrogen-bond donors (Lipinski definition) is 1. The van der Waals surface area contributed by atoms with E-state index < -0.39 is 8.32 Å². The van der Waals surface area contributed by atoms with Gasteiger partial charge in [0.25, 0.3) is 0 Å². The van der Waals surface area contributed by atoms with Crippen LogP contribution in [0.4, 0.5) is 0 Å². The SMILES string of the molecule is COCO[C@@H](CCC(C)(C)[Si](C)(C)O)c1ccc(Br)cc1C. The first-order valence-corrected chi connectivity index (χ1v) is 11.4. The number of hydrogen-bond acceptors (Lipinski definition) is 3. The third-order valence-corrected chi connectivity index (χ3v) is 8.71. The first kappa shape index (κ1) is 19.8. The maximum Gasteiger partial charge on any atom is 0.188 e. The second kappa shape index (κ2) is 8.06. The molecule has 1 aromatic carbocycles. The van der Waals surface area contributed by atoms with Gasteiger partial charge >= 0.3 is 0 Å². The van der Waals surface area contributed by atoms with Crippen LogP contribution in [0.25, 0.3) is 0 Å². The fraction of sp³-hybridized carbons (Fsp3) is 0.647. The summed E-state index contributed by atoms with van der Waals surface area (Å²) in [5.41, 5.74) is 2.39. The Labute approximate surface area is 144 Å². The maximum absolute atomic E-state index is 10.5. The Kier molecular flexibility index (Phi) is 7.27. The minimum Gasteiger partial charge on any atom is -0.432 e. The summed E-state index contributed by atoms with van der Waals surface area (Å²) in [4.78, 5) is 10.5. The highest BCUT2D eigenvalue weighted by Gasteiger charge is 2.38. The third kappa shape index (κ3) is 5.46. The van der Waals surface area contributed by atoms with Gasteiger partial charge in [0.2, 0.25) is 0 Å². The average molecular weight is 389 g/mol. The molecule has 0 heterocycles. The monoisotopic (exact) mass is 388 g/mol. The Morgan fingerprint density at radius 3 is 2.45 bits per heavy atom. The summed E-state index contributed by atoms with van der Waals surface area (Å²) < 4.78 is 12.1. The first-order valence-electron chi connectivity index (χ1n) is 7.67. The molecule has 0 saturated heterocycles. The van der Waals surface area contributed by atoms with Crippen LogP contribution in [-0.2, 0) is 9.47 Å². The van der Waals surface area contributed by atoms with Crippen molar-refractivity contribution in [3.05, 3.63) is 33.8 Å². The lowest BCUT2D eigenvalue weighted by molar-refractivity contribution is -0.0772. The van der Waals surface area contributed by atoms with E-state index in [9.17, 15) is 4.80 Å². The van der Waals surface area contributed by atoms with Crippen molar-refractivity contribution >= 4 is 24.2 Å². The molecule has 0 amide bonds. The smallest absolute Gasteiger partial charge is 0.188 e. The van der Waals surface area contributed by atoms with E-state index in [4.69, 9.17) is 9.47 Å². The van der Waals surface area contributed by atoms with Crippen molar-refractivity contribution in [2.75, 3.05) is 13.9 Å². The van der Waals surface area contributed by atoms with Crippen LogP contribution in [0.1, 0.15) is 43.9 Å². The fourth-order valence-corrected chi connectivity index (χ4v) is 3.51. The lowest BCUT2D eigenvalue weighted by Crippen LogP contribution is -2.39. The van der Waals surface area contributed by atoms with Crippen molar-refractivity contribution < 1.29 is 14.3 Å². The van der Waals surface area contributed by atoms with E-state index in [1.807, 2.05) is 19.2 Å². The van der Waals surface area contributed by atoms with Crippen LogP contribution in [0.3, 0.4) is 0 Å². The summed E-state index contributed by atoms with van der Waals surface area (Å²) in [6.07, 6.45) is 1.78. The first-order chi connectivity index (χ1) is 10.1. The summed E-state index contributed by atoms with van der Waals surface area (Å²) in [6, 6.07) is 6.25. The Morgan fingerprint density at radius 2 is 1.95 bits per heavy atom. The fourth-order valence-electron chi connectivity index (χ4n) is 2.28. The van der Waals surface area contributed by atoms with Gasteiger partial charge in [-0.3, -0.25) is 0 Å². The molecule has 1 atom stereocenters. The molecule has 0 spiro atoms. The van der Waals surface area contributed by atoms with Gasteiger partial charge < -0.3 is 14.3 Å². The summed E-state index contributed by atoms with van der Waals surface area (Å²) in [7, 11) is -0.563. The average Bonchev–Trinajstić information content (AvgIpc) is 2.38. The van der Waals surface area contributed by atoms with Gasteiger partial charge in [-0.2, -0.15) is 0 Å². The van der Waals surface area contributed by atoms with Gasteiger partial charge in [0.15, 0.2) is 8.32 Å². The van der Waals surface area contributed by atoms with Gasteiger partial charge in [0, 0.05) is 11.6 Å². The van der Waals surface area contributed by atoms with Gasteiger partial charge in [0.05, 0.1) is 6.10 Å². The topological polar surface area (TPSA) is 38.7 Å². The molecule has 0 fully saturated rings. The van der Waals surface area contributed by atoms with E-state index >= 15 is 0 Å². The molecular weight excluding hydrogens is 360 g/mol. The van der Waals surface area contributed by atoms with E-state index in [-0.39, 0.29) is 17.9 Å². The molecule has 0 bridgehead atoms. The molecular formula is C17H29BrO3Si. The molecule has 1 rings (SSSR count). The van der Waals surface area contributed by atoms with Gasteiger partial charge in [-0.15, -0.1) is 0 Å². The highest BCUT2D eigenvalue weighted by molar-refractivity contribution is 9.10. The van der Waals surface area contributed by atoms with Gasteiger partial charge in [-0.05, 0) is 61.2 Å². The van der Waals surface area contributed by atoms with Gasteiger partial charge in [-0.25, -0.2) is 0 Å². The summed E-state index contributed by atoms with van der Waals surface area (Å²) >= 11 is 3.50. The van der Waals surface area contributed by atoms with Crippen LogP contribution in [0.15, 0.2) is 22.7 Å². The van der Waals surface area contributed by atoms with Crippen molar-refractivity contribution in [3.8, 4) is 0 Å². The molecule has 22 heavy (non-hydrogen) atoms. The van der Waals surface area contributed by atoms with Crippen molar-refractivity contribution in [2.45, 2.75) is 57.8 Å². The zero-order valence-electron chi connectivity index (χ0n) is 14.6. The predicted molar refractivity (Wildman–Crippen MR) is 97.6 cm³/mol. The molecule has 1 N–H and O–H groups in total. The molecule has 1 aromatic rings. The van der Waals surface area contributed by atoms with E-state index in [0.717, 1.165) is 17.3 Å². The molecule has 126 valence electrons. The number of rotatable bonds is 8. The van der Waals surface area contributed by atoms with E-state index in [2.05, 4.69) is 48.8 Å². The standard InChI is InChI=1S/C17H29BrO3Si/c1-13-11-14(18)7-8-15(13)16(21-12-20-4)9-10-17(2,3)22(5,6)19/h7-8,11,16,19H,9-10,12H2,1-6H3/t16-/m0/s1. The lowest BCUT2D eigenvalue weighted by atomic mass is 9.96. The minimum atomic E-state index is -2.20. The molecule has 0 unspecified atom stereocenters. The number of ether oxygens (including phenoxy) is 2. The van der Waals surface area contributed by atoms with Crippen LogP contribution in [0, 0.1) is 6.92 Å². The quantitative estimate of drug-likeness (QED) is 0.492. The zero-order valence-corrected chi connectivity index (χ0v) is 17.2. The molecule has 0 saturated carbocycles. The van der Waals surface area contributed by atoms with Crippen molar-refractivity contribution in [1.82, 2.24) is 0 Å². The van der Waals surface area contributed by atoms with Crippen molar-refractivity contribution in [1.29, 1.82) is 0 Å². The Bertz CT molecular complexity index is 483. The Morgan fingerprint density at radius 1 is 1.32 bits per heavy atom. The number of methoxy groups -OCH3 is 1. The maximum atomic E-state index is 10.5. The van der Waals surface area contributed by atoms with Gasteiger partial charge in [0.1, 0.15) is 6.79 Å². The van der Waals surface area contributed by atoms with Crippen molar-refractivity contribution in [3.63, 3.8) is 0 Å². The molecule has 0 aromatic heterocycles. The molecule has 0 radical (unpaired) electrons. The summed E-state index contributed by atoms with van der Waals surface area (Å²) in [6.45, 7) is 10.7. The Balaban J connectivity index is 2.90. The third-order valence-electron chi connectivity index (χ3n) is 4.65. The lowest BCUT2D eigenvalue weighted by Gasteiger charge is -2.36. The summed E-state index contributed by atoms with van der Waals surface area (Å²) in [5, 5.41) is -0.0506. The number of halogens is 1. The zero-order chi connectivity index (χ0) is 17.0. The Hall–Kier alpha value is -0.203.